The highest BCUT2D eigenvalue weighted by atomic mass is 79.9. The molecule has 0 saturated heterocycles. The maximum absolute atomic E-state index is 10.9. The van der Waals surface area contributed by atoms with Crippen molar-refractivity contribution < 1.29 is 13.4 Å². The van der Waals surface area contributed by atoms with Crippen molar-refractivity contribution in [2.75, 3.05) is 0 Å². The van der Waals surface area contributed by atoms with Gasteiger partial charge in [0.15, 0.2) is 16.3 Å². The molecule has 0 spiro atoms. The lowest BCUT2D eigenvalue weighted by Gasteiger charge is -1.94. The van der Waals surface area contributed by atoms with Gasteiger partial charge in [0, 0.05) is 6.42 Å². The van der Waals surface area contributed by atoms with Gasteiger partial charge < -0.3 is 3.83 Å². The van der Waals surface area contributed by atoms with E-state index in [2.05, 4.69) is 20.1 Å². The largest absolute Gasteiger partial charge is 0.383 e. The van der Waals surface area contributed by atoms with Crippen LogP contribution in [0.25, 0.3) is 0 Å². The van der Waals surface area contributed by atoms with Gasteiger partial charge in [-0.15, -0.1) is 0 Å². The van der Waals surface area contributed by atoms with Crippen molar-refractivity contribution in [3.8, 4) is 0 Å². The Bertz CT molecular complexity index is 175. The van der Waals surface area contributed by atoms with Gasteiger partial charge in [0.2, 0.25) is 0 Å². The van der Waals surface area contributed by atoms with Gasteiger partial charge in [-0.1, -0.05) is 0 Å². The first-order valence-corrected chi connectivity index (χ1v) is 4.20. The molecule has 0 radical (unpaired) electrons. The molecule has 0 aliphatic heterocycles. The lowest BCUT2D eigenvalue weighted by Crippen LogP contribution is -2.07. The number of Topliss-reactive ketones (excluding diaryl/α,β-unsaturated/α-hetero) is 1. The molecule has 0 unspecified atom stereocenters. The van der Waals surface area contributed by atoms with Crippen molar-refractivity contribution in [2.24, 2.45) is 5.92 Å². The van der Waals surface area contributed by atoms with E-state index in [4.69, 9.17) is 0 Å². The standard InChI is InChI=1S/C7H9BrO3/c8-11-7(10)4-6(9)3-5-1-2-5/h5H,1-4H2. The number of rotatable bonds is 4. The van der Waals surface area contributed by atoms with Crippen LogP contribution in [0.2, 0.25) is 0 Å². The Kier molecular flexibility index (Phi) is 3.05. The normalized spacial score (nSPS) is 16.1. The van der Waals surface area contributed by atoms with Gasteiger partial charge in [0.1, 0.15) is 12.2 Å². The lowest BCUT2D eigenvalue weighted by atomic mass is 10.1. The summed E-state index contributed by atoms with van der Waals surface area (Å²) in [6.45, 7) is 0. The SMILES string of the molecule is O=C(CC(=O)OBr)CC1CC1. The molecule has 0 amide bonds. The van der Waals surface area contributed by atoms with Gasteiger partial charge in [-0.25, -0.2) is 0 Å². The van der Waals surface area contributed by atoms with Gasteiger partial charge in [-0.2, -0.15) is 0 Å². The van der Waals surface area contributed by atoms with Crippen LogP contribution >= 0.6 is 16.3 Å². The third-order valence-electron chi connectivity index (χ3n) is 1.64. The number of halogens is 1. The van der Waals surface area contributed by atoms with Gasteiger partial charge in [-0.3, -0.25) is 9.59 Å². The molecule has 0 aromatic carbocycles. The first-order valence-electron chi connectivity index (χ1n) is 3.55. The Morgan fingerprint density at radius 1 is 1.45 bits per heavy atom. The summed E-state index contributed by atoms with van der Waals surface area (Å²) in [5.74, 6) is 0.0261. The Labute approximate surface area is 73.6 Å². The molecule has 0 atom stereocenters. The molecule has 1 saturated carbocycles. The zero-order chi connectivity index (χ0) is 8.27. The topological polar surface area (TPSA) is 43.4 Å². The summed E-state index contributed by atoms with van der Waals surface area (Å²) in [6.07, 6.45) is 2.72. The van der Waals surface area contributed by atoms with E-state index in [-0.39, 0.29) is 12.2 Å². The molecule has 0 aromatic heterocycles. The van der Waals surface area contributed by atoms with Crippen LogP contribution < -0.4 is 0 Å². The van der Waals surface area contributed by atoms with E-state index >= 15 is 0 Å². The summed E-state index contributed by atoms with van der Waals surface area (Å²) in [6, 6.07) is 0. The van der Waals surface area contributed by atoms with E-state index < -0.39 is 5.97 Å². The maximum Gasteiger partial charge on any atom is 0.324 e. The molecule has 0 heterocycles. The van der Waals surface area contributed by atoms with Crippen LogP contribution in [-0.4, -0.2) is 11.8 Å². The minimum absolute atomic E-state index is 0.0167. The molecule has 1 fully saturated rings. The monoisotopic (exact) mass is 220 g/mol. The van der Waals surface area contributed by atoms with E-state index in [9.17, 15) is 9.59 Å². The minimum atomic E-state index is -0.504. The van der Waals surface area contributed by atoms with Crippen LogP contribution in [0.1, 0.15) is 25.7 Å². The Morgan fingerprint density at radius 3 is 2.55 bits per heavy atom. The van der Waals surface area contributed by atoms with Crippen molar-refractivity contribution in [3.63, 3.8) is 0 Å². The van der Waals surface area contributed by atoms with Crippen LogP contribution in [0.15, 0.2) is 0 Å². The predicted molar refractivity (Wildman–Crippen MR) is 42.0 cm³/mol. The van der Waals surface area contributed by atoms with Crippen LogP contribution in [0, 0.1) is 5.92 Å². The second kappa shape index (κ2) is 3.85. The minimum Gasteiger partial charge on any atom is -0.383 e. The molecule has 0 bridgehead atoms. The molecule has 1 aliphatic rings. The highest BCUT2D eigenvalue weighted by Crippen LogP contribution is 2.32. The van der Waals surface area contributed by atoms with E-state index in [1.165, 1.54) is 0 Å². The quantitative estimate of drug-likeness (QED) is 0.677. The maximum atomic E-state index is 10.9. The third kappa shape index (κ3) is 3.51. The first kappa shape index (κ1) is 8.71. The van der Waals surface area contributed by atoms with E-state index in [0.717, 1.165) is 12.8 Å². The highest BCUT2D eigenvalue weighted by Gasteiger charge is 2.25. The van der Waals surface area contributed by atoms with Gasteiger partial charge in [0.05, 0.1) is 0 Å². The predicted octanol–water partition coefficient (Wildman–Crippen LogP) is 1.60. The van der Waals surface area contributed by atoms with Crippen molar-refractivity contribution >= 4 is 28.0 Å². The van der Waals surface area contributed by atoms with Crippen molar-refractivity contribution in [2.45, 2.75) is 25.7 Å². The second-order valence-electron chi connectivity index (χ2n) is 2.81. The fourth-order valence-electron chi connectivity index (χ4n) is 0.904. The smallest absolute Gasteiger partial charge is 0.324 e. The Morgan fingerprint density at radius 2 is 2.09 bits per heavy atom. The lowest BCUT2D eigenvalue weighted by molar-refractivity contribution is -0.136. The van der Waals surface area contributed by atoms with Crippen molar-refractivity contribution in [3.05, 3.63) is 0 Å². The van der Waals surface area contributed by atoms with E-state index in [0.29, 0.717) is 12.3 Å². The molecule has 1 rings (SSSR count). The molecule has 11 heavy (non-hydrogen) atoms. The number of carbonyl (C=O) groups excluding carboxylic acids is 2. The molecule has 4 heteroatoms. The summed E-state index contributed by atoms with van der Waals surface area (Å²) in [5, 5.41) is 0. The van der Waals surface area contributed by atoms with Crippen LogP contribution in [0.5, 0.6) is 0 Å². The van der Waals surface area contributed by atoms with Gasteiger partial charge in [0.25, 0.3) is 0 Å². The fourth-order valence-corrected chi connectivity index (χ4v) is 1.02. The molecule has 62 valence electrons. The molecule has 1 aliphatic carbocycles. The van der Waals surface area contributed by atoms with Gasteiger partial charge >= 0.3 is 5.97 Å². The van der Waals surface area contributed by atoms with Crippen molar-refractivity contribution in [1.29, 1.82) is 0 Å². The molecule has 0 N–H and O–H groups in total. The Balaban J connectivity index is 2.13. The number of ketones is 1. The number of hydrogen-bond donors (Lipinski definition) is 0. The fraction of sp³-hybridized carbons (Fsp3) is 0.714. The highest BCUT2D eigenvalue weighted by molar-refractivity contribution is 9.06. The van der Waals surface area contributed by atoms with Crippen molar-refractivity contribution in [1.82, 2.24) is 0 Å². The summed E-state index contributed by atoms with van der Waals surface area (Å²) >= 11 is 2.52. The number of carbonyl (C=O) groups is 2. The average molecular weight is 221 g/mol. The van der Waals surface area contributed by atoms with Crippen LogP contribution in [-0.2, 0) is 13.4 Å². The summed E-state index contributed by atoms with van der Waals surface area (Å²) in [4.78, 5) is 21.5. The molecular weight excluding hydrogens is 212 g/mol. The summed E-state index contributed by atoms with van der Waals surface area (Å²) in [5.41, 5.74) is 0. The second-order valence-corrected chi connectivity index (χ2v) is 3.14. The summed E-state index contributed by atoms with van der Waals surface area (Å²) in [7, 11) is 0. The average Bonchev–Trinajstić information content (AvgIpc) is 2.71. The third-order valence-corrected chi connectivity index (χ3v) is 2.00. The van der Waals surface area contributed by atoms with E-state index in [1.54, 1.807) is 0 Å². The molecule has 3 nitrogen and oxygen atoms in total. The molecule has 0 aromatic rings. The Hall–Kier alpha value is -0.380. The zero-order valence-electron chi connectivity index (χ0n) is 6.01. The number of hydrogen-bond acceptors (Lipinski definition) is 3. The summed E-state index contributed by atoms with van der Waals surface area (Å²) < 4.78 is 4.18. The molecular formula is C7H9BrO3. The van der Waals surface area contributed by atoms with Crippen LogP contribution in [0.3, 0.4) is 0 Å². The first-order chi connectivity index (χ1) is 5.22. The van der Waals surface area contributed by atoms with Gasteiger partial charge in [-0.05, 0) is 18.8 Å². The van der Waals surface area contributed by atoms with Crippen LogP contribution in [0.4, 0.5) is 0 Å². The zero-order valence-corrected chi connectivity index (χ0v) is 7.59. The van der Waals surface area contributed by atoms with E-state index in [1.807, 2.05) is 0 Å².